The van der Waals surface area contributed by atoms with Crippen molar-refractivity contribution < 1.29 is 28.6 Å². The number of allylic oxidation sites excluding steroid dienone is 22. The molecule has 0 fully saturated rings. The van der Waals surface area contributed by atoms with Crippen LogP contribution in [0.4, 0.5) is 0 Å². The average Bonchev–Trinajstić information content (AvgIpc) is 3.26. The minimum Gasteiger partial charge on any atom is -0.462 e. The third-order valence-corrected chi connectivity index (χ3v) is 9.44. The normalized spacial score (nSPS) is 13.3. The molecule has 0 aromatic heterocycles. The Hall–Kier alpha value is -4.45. The number of carbonyl (C=O) groups excluding carboxylic acids is 3. The van der Waals surface area contributed by atoms with Gasteiger partial charge in [0.25, 0.3) is 0 Å². The van der Waals surface area contributed by atoms with Gasteiger partial charge in [-0.2, -0.15) is 0 Å². The minimum atomic E-state index is -0.821. The molecule has 340 valence electrons. The van der Waals surface area contributed by atoms with Crippen LogP contribution in [0, 0.1) is 0 Å². The Morgan fingerprint density at radius 3 is 1.00 bits per heavy atom. The molecule has 6 heteroatoms. The highest BCUT2D eigenvalue weighted by atomic mass is 16.6. The summed E-state index contributed by atoms with van der Waals surface area (Å²) in [5, 5.41) is 0. The smallest absolute Gasteiger partial charge is 0.306 e. The fourth-order valence-electron chi connectivity index (χ4n) is 5.90. The molecule has 0 aliphatic carbocycles. The van der Waals surface area contributed by atoms with Crippen LogP contribution in [-0.2, 0) is 28.6 Å². The van der Waals surface area contributed by atoms with E-state index in [1.54, 1.807) is 0 Å². The fraction of sp³-hybridized carbons (Fsp3) is 0.545. The monoisotopic (exact) mass is 841 g/mol. The van der Waals surface area contributed by atoms with Crippen molar-refractivity contribution in [2.45, 2.75) is 181 Å². The van der Waals surface area contributed by atoms with Gasteiger partial charge in [0.15, 0.2) is 6.10 Å². The summed E-state index contributed by atoms with van der Waals surface area (Å²) >= 11 is 0. The number of unbranched alkanes of at least 4 members (excludes halogenated alkanes) is 16. The van der Waals surface area contributed by atoms with Gasteiger partial charge in [-0.25, -0.2) is 0 Å². The quantitative estimate of drug-likeness (QED) is 0.0265. The Kier molecular flexibility index (Phi) is 44.7. The maximum Gasteiger partial charge on any atom is 0.306 e. The summed E-state index contributed by atoms with van der Waals surface area (Å²) in [5.74, 6) is -1.02. The van der Waals surface area contributed by atoms with Crippen molar-refractivity contribution in [1.29, 1.82) is 0 Å². The molecule has 61 heavy (non-hydrogen) atoms. The minimum absolute atomic E-state index is 0.114. The van der Waals surface area contributed by atoms with E-state index in [0.29, 0.717) is 19.3 Å². The number of rotatable bonds is 40. The Morgan fingerprint density at radius 1 is 0.344 bits per heavy atom. The first-order chi connectivity index (χ1) is 30.0. The number of esters is 3. The molecule has 0 saturated heterocycles. The van der Waals surface area contributed by atoms with Crippen LogP contribution in [0.1, 0.15) is 175 Å². The third kappa shape index (κ3) is 46.5. The van der Waals surface area contributed by atoms with Crippen LogP contribution in [0.25, 0.3) is 0 Å². The maximum absolute atomic E-state index is 12.7. The van der Waals surface area contributed by atoms with E-state index in [0.717, 1.165) is 77.0 Å². The van der Waals surface area contributed by atoms with E-state index in [4.69, 9.17) is 14.2 Å². The summed E-state index contributed by atoms with van der Waals surface area (Å²) in [6.07, 6.45) is 67.1. The predicted molar refractivity (Wildman–Crippen MR) is 260 cm³/mol. The Balaban J connectivity index is 4.59. The van der Waals surface area contributed by atoms with Gasteiger partial charge in [-0.1, -0.05) is 231 Å². The summed E-state index contributed by atoms with van der Waals surface area (Å²) in [4.78, 5) is 37.8. The van der Waals surface area contributed by atoms with Crippen LogP contribution < -0.4 is 0 Å². The Bertz CT molecular complexity index is 1380. The number of ether oxygens (including phenoxy) is 3. The van der Waals surface area contributed by atoms with Gasteiger partial charge >= 0.3 is 17.9 Å². The van der Waals surface area contributed by atoms with Gasteiger partial charge in [0.05, 0.1) is 0 Å². The van der Waals surface area contributed by atoms with Crippen molar-refractivity contribution in [2.24, 2.45) is 0 Å². The van der Waals surface area contributed by atoms with Crippen molar-refractivity contribution in [2.75, 3.05) is 13.2 Å². The van der Waals surface area contributed by atoms with Crippen molar-refractivity contribution >= 4 is 17.9 Å². The zero-order chi connectivity index (χ0) is 44.4. The molecule has 0 bridgehead atoms. The largest absolute Gasteiger partial charge is 0.462 e. The van der Waals surface area contributed by atoms with E-state index in [-0.39, 0.29) is 37.5 Å². The topological polar surface area (TPSA) is 78.9 Å². The van der Waals surface area contributed by atoms with Crippen LogP contribution in [0.15, 0.2) is 134 Å². The van der Waals surface area contributed by atoms with Gasteiger partial charge in [0.2, 0.25) is 0 Å². The van der Waals surface area contributed by atoms with Crippen LogP contribution >= 0.6 is 0 Å². The molecule has 0 amide bonds. The first-order valence-electron chi connectivity index (χ1n) is 23.8. The lowest BCUT2D eigenvalue weighted by Gasteiger charge is -2.18. The number of carbonyl (C=O) groups is 3. The third-order valence-electron chi connectivity index (χ3n) is 9.44. The van der Waals surface area contributed by atoms with E-state index < -0.39 is 6.10 Å². The van der Waals surface area contributed by atoms with Crippen LogP contribution in [-0.4, -0.2) is 37.2 Å². The number of hydrogen-bond donors (Lipinski definition) is 0. The summed E-state index contributed by atoms with van der Waals surface area (Å²) in [7, 11) is 0. The molecular formula is C55H84O6. The van der Waals surface area contributed by atoms with Crippen LogP contribution in [0.5, 0.6) is 0 Å². The summed E-state index contributed by atoms with van der Waals surface area (Å²) in [6.45, 7) is 6.23. The van der Waals surface area contributed by atoms with E-state index in [1.807, 2.05) is 109 Å². The summed E-state index contributed by atoms with van der Waals surface area (Å²) in [5.41, 5.74) is 0. The molecule has 0 heterocycles. The predicted octanol–water partition coefficient (Wildman–Crippen LogP) is 15.5. The first-order valence-corrected chi connectivity index (χ1v) is 23.8. The van der Waals surface area contributed by atoms with E-state index in [9.17, 15) is 14.4 Å². The molecule has 0 saturated carbocycles. The molecule has 0 radical (unpaired) electrons. The SMILES string of the molecule is CC\C=C/C=C\C=C/C=C\C=C/CCCCCC(=O)OC(COC(=O)CCCCC\C=C/C=C/C=C\C=C/C=C\C=C/CC)COC(=O)CCCCCCCCCCCCC. The lowest BCUT2D eigenvalue weighted by atomic mass is 10.1. The van der Waals surface area contributed by atoms with Crippen molar-refractivity contribution in [3.8, 4) is 0 Å². The van der Waals surface area contributed by atoms with Crippen LogP contribution in [0.3, 0.4) is 0 Å². The second kappa shape index (κ2) is 48.2. The van der Waals surface area contributed by atoms with E-state index in [2.05, 4.69) is 45.1 Å². The Morgan fingerprint density at radius 2 is 0.639 bits per heavy atom. The molecule has 0 aliphatic rings. The molecule has 1 unspecified atom stereocenters. The van der Waals surface area contributed by atoms with Crippen LogP contribution in [0.2, 0.25) is 0 Å². The van der Waals surface area contributed by atoms with Crippen molar-refractivity contribution in [1.82, 2.24) is 0 Å². The van der Waals surface area contributed by atoms with Gasteiger partial charge in [-0.3, -0.25) is 14.4 Å². The van der Waals surface area contributed by atoms with Gasteiger partial charge in [0.1, 0.15) is 13.2 Å². The second-order valence-electron chi connectivity index (χ2n) is 15.2. The zero-order valence-corrected chi connectivity index (χ0v) is 38.6. The summed E-state index contributed by atoms with van der Waals surface area (Å²) < 4.78 is 16.7. The molecule has 0 N–H and O–H groups in total. The Labute approximate surface area is 373 Å². The van der Waals surface area contributed by atoms with Gasteiger partial charge in [-0.15, -0.1) is 0 Å². The molecule has 0 aliphatic heterocycles. The molecule has 0 aromatic carbocycles. The van der Waals surface area contributed by atoms with E-state index in [1.165, 1.54) is 51.4 Å². The highest BCUT2D eigenvalue weighted by Gasteiger charge is 2.19. The maximum atomic E-state index is 12.7. The van der Waals surface area contributed by atoms with Gasteiger partial charge in [-0.05, 0) is 57.8 Å². The van der Waals surface area contributed by atoms with Crippen molar-refractivity contribution in [3.63, 3.8) is 0 Å². The highest BCUT2D eigenvalue weighted by Crippen LogP contribution is 2.13. The molecular weight excluding hydrogens is 757 g/mol. The average molecular weight is 841 g/mol. The first kappa shape index (κ1) is 56.5. The number of hydrogen-bond acceptors (Lipinski definition) is 6. The second-order valence-corrected chi connectivity index (χ2v) is 15.2. The lowest BCUT2D eigenvalue weighted by Crippen LogP contribution is -2.30. The highest BCUT2D eigenvalue weighted by molar-refractivity contribution is 5.71. The fourth-order valence-corrected chi connectivity index (χ4v) is 5.90. The molecule has 0 spiro atoms. The lowest BCUT2D eigenvalue weighted by molar-refractivity contribution is -0.167. The summed E-state index contributed by atoms with van der Waals surface area (Å²) in [6, 6.07) is 0. The molecule has 6 nitrogen and oxygen atoms in total. The standard InChI is InChI=1S/C55H84O6/c1-4-7-10-13-16-19-22-24-26-27-29-30-33-36-39-42-45-48-54(57)60-51-52(50-59-53(56)47-44-41-38-35-32-21-18-15-12-9-6-3)61-55(58)49-46-43-40-37-34-31-28-25-23-20-17-14-11-8-5-2/h7-8,10-11,13-14,16-17,19-20,22-31,33-34,52H,4-6,9,12,15,18,21,32,35-51H2,1-3H3/b10-7-,11-8-,16-13-,17-14-,22-19-,23-20-,26-24-,28-25-,29-27+,33-30-,34-31-. The molecule has 0 aromatic rings. The van der Waals surface area contributed by atoms with Gasteiger partial charge in [0, 0.05) is 19.3 Å². The zero-order valence-electron chi connectivity index (χ0n) is 38.6. The molecule has 1 atom stereocenters. The van der Waals surface area contributed by atoms with E-state index >= 15 is 0 Å². The molecule has 0 rings (SSSR count). The van der Waals surface area contributed by atoms with Crippen molar-refractivity contribution in [3.05, 3.63) is 134 Å². The van der Waals surface area contributed by atoms with Gasteiger partial charge < -0.3 is 14.2 Å².